The van der Waals surface area contributed by atoms with Crippen LogP contribution >= 0.6 is 0 Å². The van der Waals surface area contributed by atoms with Gasteiger partial charge in [0.05, 0.1) is 35.5 Å². The molecule has 3 heterocycles. The van der Waals surface area contributed by atoms with Crippen LogP contribution < -0.4 is 28.4 Å². The van der Waals surface area contributed by atoms with Gasteiger partial charge in [-0.15, -0.1) is 0 Å². The van der Waals surface area contributed by atoms with Gasteiger partial charge >= 0.3 is 0 Å². The second-order valence-electron chi connectivity index (χ2n) is 12.9. The number of fused-ring (bicyclic) bond motifs is 7. The number of methoxy groups -OCH3 is 5. The molecule has 0 aromatic heterocycles. The molecule has 0 radical (unpaired) electrons. The van der Waals surface area contributed by atoms with Gasteiger partial charge in [0.2, 0.25) is 5.75 Å². The molecule has 4 aromatic rings. The van der Waals surface area contributed by atoms with Gasteiger partial charge in [0, 0.05) is 30.2 Å². The summed E-state index contributed by atoms with van der Waals surface area (Å²) in [5, 5.41) is 11.4. The van der Waals surface area contributed by atoms with Crippen molar-refractivity contribution in [3.05, 3.63) is 93.5 Å². The van der Waals surface area contributed by atoms with Crippen molar-refractivity contribution in [2.45, 2.75) is 43.8 Å². The molecule has 9 nitrogen and oxygen atoms in total. The van der Waals surface area contributed by atoms with E-state index in [9.17, 15) is 5.11 Å². The van der Waals surface area contributed by atoms with Gasteiger partial charge in [-0.25, -0.2) is 0 Å². The van der Waals surface area contributed by atoms with Gasteiger partial charge in [-0.2, -0.15) is 0 Å². The molecule has 0 saturated heterocycles. The summed E-state index contributed by atoms with van der Waals surface area (Å²) in [5.74, 6) is 4.46. The van der Waals surface area contributed by atoms with E-state index in [4.69, 9.17) is 28.4 Å². The van der Waals surface area contributed by atoms with E-state index in [1.807, 2.05) is 24.3 Å². The molecule has 0 aliphatic carbocycles. The molecule has 252 valence electrons. The summed E-state index contributed by atoms with van der Waals surface area (Å²) in [6, 6.07) is 18.7. The lowest BCUT2D eigenvalue weighted by atomic mass is 9.76. The van der Waals surface area contributed by atoms with E-state index in [1.54, 1.807) is 35.5 Å². The van der Waals surface area contributed by atoms with E-state index < -0.39 is 0 Å². The first-order chi connectivity index (χ1) is 23.3. The van der Waals surface area contributed by atoms with Crippen LogP contribution in [0.15, 0.2) is 54.6 Å². The van der Waals surface area contributed by atoms with Gasteiger partial charge in [-0.1, -0.05) is 12.1 Å². The Kier molecular flexibility index (Phi) is 8.51. The van der Waals surface area contributed by atoms with Crippen molar-refractivity contribution in [3.63, 3.8) is 0 Å². The third-order valence-electron chi connectivity index (χ3n) is 10.6. The van der Waals surface area contributed by atoms with Crippen molar-refractivity contribution in [1.29, 1.82) is 0 Å². The Morgan fingerprint density at radius 3 is 2.02 bits per heavy atom. The minimum Gasteiger partial charge on any atom is -0.504 e. The number of nitrogens with zero attached hydrogens (tertiary/aromatic N) is 2. The minimum absolute atomic E-state index is 0.0752. The lowest BCUT2D eigenvalue weighted by Gasteiger charge is -2.46. The zero-order valence-corrected chi connectivity index (χ0v) is 28.8. The maximum Gasteiger partial charge on any atom is 0.204 e. The number of hydrogen-bond acceptors (Lipinski definition) is 9. The number of hydrogen-bond donors (Lipinski definition) is 1. The second-order valence-corrected chi connectivity index (χ2v) is 12.9. The topological polar surface area (TPSA) is 82.1 Å². The van der Waals surface area contributed by atoms with Gasteiger partial charge in [-0.3, -0.25) is 9.80 Å². The van der Waals surface area contributed by atoms with Crippen LogP contribution in [-0.2, 0) is 25.7 Å². The lowest BCUT2D eigenvalue weighted by Crippen LogP contribution is -2.40. The maximum atomic E-state index is 11.4. The summed E-state index contributed by atoms with van der Waals surface area (Å²) in [4.78, 5) is 4.79. The summed E-state index contributed by atoms with van der Waals surface area (Å²) >= 11 is 0. The van der Waals surface area contributed by atoms with Crippen molar-refractivity contribution in [3.8, 4) is 46.0 Å². The highest BCUT2D eigenvalue weighted by molar-refractivity contribution is 5.64. The Bertz CT molecular complexity index is 1840. The first-order valence-electron chi connectivity index (χ1n) is 16.4. The van der Waals surface area contributed by atoms with E-state index in [0.717, 1.165) is 59.6 Å². The molecule has 3 unspecified atom stereocenters. The summed E-state index contributed by atoms with van der Waals surface area (Å²) in [6.07, 6.45) is 3.13. The molecular formula is C39H44N2O7. The molecule has 3 aliphatic heterocycles. The van der Waals surface area contributed by atoms with Crippen molar-refractivity contribution in [2.75, 3.05) is 56.2 Å². The second kappa shape index (κ2) is 12.8. The quantitative estimate of drug-likeness (QED) is 0.209. The van der Waals surface area contributed by atoms with E-state index >= 15 is 0 Å². The zero-order chi connectivity index (χ0) is 33.7. The van der Waals surface area contributed by atoms with Crippen LogP contribution in [0.25, 0.3) is 0 Å². The highest BCUT2D eigenvalue weighted by atomic mass is 16.5. The van der Waals surface area contributed by atoms with Crippen LogP contribution in [0.3, 0.4) is 0 Å². The van der Waals surface area contributed by atoms with Crippen molar-refractivity contribution in [1.82, 2.24) is 9.80 Å². The first kappa shape index (κ1) is 32.0. The van der Waals surface area contributed by atoms with Crippen LogP contribution in [-0.4, -0.2) is 71.1 Å². The van der Waals surface area contributed by atoms with Gasteiger partial charge in [-0.05, 0) is 116 Å². The number of rotatable bonds is 9. The zero-order valence-electron chi connectivity index (χ0n) is 28.8. The van der Waals surface area contributed by atoms with Gasteiger partial charge < -0.3 is 33.5 Å². The van der Waals surface area contributed by atoms with Crippen LogP contribution in [0.1, 0.15) is 57.1 Å². The molecule has 0 fully saturated rings. The molecule has 2 bridgehead atoms. The Hall–Kier alpha value is -4.60. The molecule has 0 amide bonds. The lowest BCUT2D eigenvalue weighted by molar-refractivity contribution is 0.135. The predicted molar refractivity (Wildman–Crippen MR) is 184 cm³/mol. The molecule has 0 saturated carbocycles. The summed E-state index contributed by atoms with van der Waals surface area (Å²) in [5.41, 5.74) is 8.11. The number of benzene rings is 4. The molecule has 48 heavy (non-hydrogen) atoms. The van der Waals surface area contributed by atoms with E-state index in [0.29, 0.717) is 35.2 Å². The summed E-state index contributed by atoms with van der Waals surface area (Å²) < 4.78 is 35.4. The Morgan fingerprint density at radius 1 is 0.667 bits per heavy atom. The fourth-order valence-electron chi connectivity index (χ4n) is 7.91. The molecule has 3 atom stereocenters. The normalized spacial score (nSPS) is 19.9. The van der Waals surface area contributed by atoms with Gasteiger partial charge in [0.25, 0.3) is 0 Å². The SMILES string of the molecule is COc1ccc(CC2c3cc(Oc4c5c(cc(OC)c4OC)C4Cc6cc(OC)c(OC)cc6C(C5)N4C)c(O)cc3CCN2C)cc1. The maximum absolute atomic E-state index is 11.4. The van der Waals surface area contributed by atoms with Crippen molar-refractivity contribution < 1.29 is 33.5 Å². The predicted octanol–water partition coefficient (Wildman–Crippen LogP) is 6.83. The monoisotopic (exact) mass is 652 g/mol. The van der Waals surface area contributed by atoms with E-state index in [1.165, 1.54) is 16.7 Å². The highest BCUT2D eigenvalue weighted by Crippen LogP contribution is 2.55. The Morgan fingerprint density at radius 2 is 1.33 bits per heavy atom. The van der Waals surface area contributed by atoms with E-state index in [2.05, 4.69) is 54.2 Å². The average Bonchev–Trinajstić information content (AvgIpc) is 3.10. The Labute approximate surface area is 282 Å². The third kappa shape index (κ3) is 5.35. The van der Waals surface area contributed by atoms with Crippen LogP contribution in [0, 0.1) is 0 Å². The average molecular weight is 653 g/mol. The Balaban J connectivity index is 1.30. The molecule has 3 aliphatic rings. The molecule has 0 spiro atoms. The summed E-state index contributed by atoms with van der Waals surface area (Å²) in [7, 11) is 12.6. The fourth-order valence-corrected chi connectivity index (χ4v) is 7.91. The highest BCUT2D eigenvalue weighted by Gasteiger charge is 2.42. The number of phenols is 1. The van der Waals surface area contributed by atoms with Gasteiger partial charge in [0.15, 0.2) is 34.5 Å². The van der Waals surface area contributed by atoms with Gasteiger partial charge in [0.1, 0.15) is 5.75 Å². The molecule has 1 N–H and O–H groups in total. The van der Waals surface area contributed by atoms with Crippen molar-refractivity contribution >= 4 is 0 Å². The standard InChI is InChI=1S/C39H44N2O7/c1-40-13-12-23-16-33(42)34(19-26(23)30(40)14-22-8-10-25(43-3)11-9-22)48-38-29-18-32-27-20-36(45-5)35(44-4)17-24(27)15-31(41(32)2)28(29)21-37(46-6)39(38)47-7/h8-11,16-17,19-21,30-32,42H,12-15,18H2,1-7H3. The number of aromatic hydroxyl groups is 1. The molecule has 9 heteroatoms. The van der Waals surface area contributed by atoms with E-state index in [-0.39, 0.29) is 23.9 Å². The van der Waals surface area contributed by atoms with Crippen molar-refractivity contribution in [2.24, 2.45) is 0 Å². The van der Waals surface area contributed by atoms with Crippen LogP contribution in [0.4, 0.5) is 0 Å². The number of likely N-dealkylation sites (N-methyl/N-ethyl adjacent to an activating group) is 2. The third-order valence-corrected chi connectivity index (χ3v) is 10.6. The fraction of sp³-hybridized carbons (Fsp3) is 0.385. The minimum atomic E-state index is 0.0752. The molecular weight excluding hydrogens is 608 g/mol. The molecule has 7 rings (SSSR count). The van der Waals surface area contributed by atoms with Crippen LogP contribution in [0.5, 0.6) is 46.0 Å². The number of ether oxygens (including phenoxy) is 6. The smallest absolute Gasteiger partial charge is 0.204 e. The summed E-state index contributed by atoms with van der Waals surface area (Å²) in [6.45, 7) is 0.902. The van der Waals surface area contributed by atoms with Crippen LogP contribution in [0.2, 0.25) is 0 Å². The largest absolute Gasteiger partial charge is 0.504 e. The number of phenolic OH excluding ortho intramolecular Hbond substituents is 1. The molecule has 4 aromatic carbocycles. The first-order valence-corrected chi connectivity index (χ1v) is 16.4.